The Morgan fingerprint density at radius 3 is 2.53 bits per heavy atom. The molecule has 3 nitrogen and oxygen atoms in total. The van der Waals surface area contributed by atoms with Crippen molar-refractivity contribution >= 4 is 0 Å². The molecular weight excluding hydrogens is 238 g/mol. The fourth-order valence-electron chi connectivity index (χ4n) is 2.18. The van der Waals surface area contributed by atoms with E-state index in [2.05, 4.69) is 39.9 Å². The lowest BCUT2D eigenvalue weighted by atomic mass is 9.93. The molecule has 1 saturated heterocycles. The molecule has 0 saturated carbocycles. The minimum atomic E-state index is 0.311. The van der Waals surface area contributed by atoms with Gasteiger partial charge in [-0.1, -0.05) is 34.6 Å². The zero-order valence-corrected chi connectivity index (χ0v) is 13.5. The molecule has 0 radical (unpaired) electrons. The van der Waals surface area contributed by atoms with Gasteiger partial charge in [-0.15, -0.1) is 0 Å². The Balaban J connectivity index is 2.02. The van der Waals surface area contributed by atoms with E-state index in [0.717, 1.165) is 39.1 Å². The molecule has 3 heteroatoms. The Kier molecular flexibility index (Phi) is 7.33. The van der Waals surface area contributed by atoms with Crippen LogP contribution < -0.4 is 5.32 Å². The van der Waals surface area contributed by atoms with Crippen molar-refractivity contribution in [3.8, 4) is 0 Å². The summed E-state index contributed by atoms with van der Waals surface area (Å²) >= 11 is 0. The van der Waals surface area contributed by atoms with Crippen LogP contribution in [0.2, 0.25) is 0 Å². The molecule has 114 valence electrons. The predicted molar refractivity (Wildman–Crippen MR) is 80.5 cm³/mol. The molecule has 1 aliphatic heterocycles. The highest BCUT2D eigenvalue weighted by molar-refractivity contribution is 4.75. The molecule has 0 aromatic rings. The summed E-state index contributed by atoms with van der Waals surface area (Å²) in [6.45, 7) is 14.9. The number of rotatable bonds is 8. The van der Waals surface area contributed by atoms with Crippen LogP contribution in [0, 0.1) is 11.3 Å². The molecule has 2 atom stereocenters. The average molecular weight is 271 g/mol. The maximum atomic E-state index is 5.99. The first-order chi connectivity index (χ1) is 8.87. The molecule has 1 N–H and O–H groups in total. The van der Waals surface area contributed by atoms with Crippen LogP contribution in [-0.2, 0) is 9.47 Å². The van der Waals surface area contributed by atoms with Crippen molar-refractivity contribution in [2.75, 3.05) is 26.3 Å². The van der Waals surface area contributed by atoms with Crippen LogP contribution in [0.25, 0.3) is 0 Å². The minimum Gasteiger partial charge on any atom is -0.379 e. The topological polar surface area (TPSA) is 30.5 Å². The van der Waals surface area contributed by atoms with Gasteiger partial charge in [0.1, 0.15) is 0 Å². The molecule has 1 fully saturated rings. The van der Waals surface area contributed by atoms with Crippen LogP contribution in [0.5, 0.6) is 0 Å². The lowest BCUT2D eigenvalue weighted by Gasteiger charge is -2.19. The second-order valence-corrected chi connectivity index (χ2v) is 7.40. The Morgan fingerprint density at radius 2 is 1.89 bits per heavy atom. The zero-order chi connectivity index (χ0) is 14.3. The van der Waals surface area contributed by atoms with Gasteiger partial charge in [0.2, 0.25) is 0 Å². The molecule has 0 aromatic carbocycles. The maximum absolute atomic E-state index is 5.99. The molecule has 2 unspecified atom stereocenters. The summed E-state index contributed by atoms with van der Waals surface area (Å²) in [5.74, 6) is 0.706. The van der Waals surface area contributed by atoms with E-state index < -0.39 is 0 Å². The van der Waals surface area contributed by atoms with E-state index in [1.54, 1.807) is 0 Å². The summed E-state index contributed by atoms with van der Waals surface area (Å²) in [4.78, 5) is 0. The SMILES string of the molecule is CC(C)CNCC1CCC(COCCC(C)(C)C)O1. The van der Waals surface area contributed by atoms with Gasteiger partial charge in [-0.05, 0) is 37.1 Å². The number of ether oxygens (including phenoxy) is 2. The normalized spacial score (nSPS) is 24.3. The van der Waals surface area contributed by atoms with Crippen molar-refractivity contribution in [2.45, 2.75) is 66.1 Å². The van der Waals surface area contributed by atoms with Crippen LogP contribution in [0.1, 0.15) is 53.9 Å². The number of hydrogen-bond donors (Lipinski definition) is 1. The highest BCUT2D eigenvalue weighted by Crippen LogP contribution is 2.21. The summed E-state index contributed by atoms with van der Waals surface area (Å²) in [5.41, 5.74) is 0.361. The van der Waals surface area contributed by atoms with Crippen molar-refractivity contribution in [3.05, 3.63) is 0 Å². The van der Waals surface area contributed by atoms with Gasteiger partial charge in [-0.2, -0.15) is 0 Å². The van der Waals surface area contributed by atoms with Crippen LogP contribution in [0.4, 0.5) is 0 Å². The fourth-order valence-corrected chi connectivity index (χ4v) is 2.18. The first kappa shape index (κ1) is 16.9. The van der Waals surface area contributed by atoms with Gasteiger partial charge in [-0.25, -0.2) is 0 Å². The second kappa shape index (κ2) is 8.23. The van der Waals surface area contributed by atoms with E-state index in [1.165, 1.54) is 6.42 Å². The highest BCUT2D eigenvalue weighted by atomic mass is 16.5. The molecule has 0 spiro atoms. The van der Waals surface area contributed by atoms with E-state index >= 15 is 0 Å². The molecule has 0 bridgehead atoms. The van der Waals surface area contributed by atoms with Crippen molar-refractivity contribution in [1.82, 2.24) is 5.32 Å². The van der Waals surface area contributed by atoms with Crippen molar-refractivity contribution in [2.24, 2.45) is 11.3 Å². The summed E-state index contributed by atoms with van der Waals surface area (Å²) in [7, 11) is 0. The summed E-state index contributed by atoms with van der Waals surface area (Å²) < 4.78 is 11.7. The van der Waals surface area contributed by atoms with Crippen molar-refractivity contribution < 1.29 is 9.47 Å². The lowest BCUT2D eigenvalue weighted by molar-refractivity contribution is -0.0186. The van der Waals surface area contributed by atoms with E-state index in [4.69, 9.17) is 9.47 Å². The Bertz CT molecular complexity index is 235. The molecule has 1 aliphatic rings. The van der Waals surface area contributed by atoms with Gasteiger partial charge in [-0.3, -0.25) is 0 Å². The van der Waals surface area contributed by atoms with Gasteiger partial charge in [0.05, 0.1) is 18.8 Å². The summed E-state index contributed by atoms with van der Waals surface area (Å²) in [6, 6.07) is 0. The third-order valence-electron chi connectivity index (χ3n) is 3.42. The number of nitrogens with one attached hydrogen (secondary N) is 1. The minimum absolute atomic E-state index is 0.311. The van der Waals surface area contributed by atoms with Crippen LogP contribution in [0.15, 0.2) is 0 Å². The van der Waals surface area contributed by atoms with Gasteiger partial charge in [0, 0.05) is 13.2 Å². The van der Waals surface area contributed by atoms with Crippen LogP contribution in [0.3, 0.4) is 0 Å². The van der Waals surface area contributed by atoms with Gasteiger partial charge >= 0.3 is 0 Å². The molecule has 0 aliphatic carbocycles. The van der Waals surface area contributed by atoms with Crippen LogP contribution >= 0.6 is 0 Å². The third kappa shape index (κ3) is 8.61. The van der Waals surface area contributed by atoms with Crippen molar-refractivity contribution in [1.29, 1.82) is 0 Å². The van der Waals surface area contributed by atoms with Gasteiger partial charge < -0.3 is 14.8 Å². The Labute approximate surface area is 119 Å². The van der Waals surface area contributed by atoms with Crippen molar-refractivity contribution in [3.63, 3.8) is 0 Å². The molecule has 1 heterocycles. The first-order valence-electron chi connectivity index (χ1n) is 7.81. The van der Waals surface area contributed by atoms with E-state index in [0.29, 0.717) is 23.5 Å². The standard InChI is InChI=1S/C16H33NO2/c1-13(2)10-17-11-14-6-7-15(19-14)12-18-9-8-16(3,4)5/h13-15,17H,6-12H2,1-5H3. The van der Waals surface area contributed by atoms with Gasteiger partial charge in [0.25, 0.3) is 0 Å². The smallest absolute Gasteiger partial charge is 0.0813 e. The fraction of sp³-hybridized carbons (Fsp3) is 1.00. The second-order valence-electron chi connectivity index (χ2n) is 7.40. The third-order valence-corrected chi connectivity index (χ3v) is 3.42. The Morgan fingerprint density at radius 1 is 1.21 bits per heavy atom. The molecule has 0 amide bonds. The maximum Gasteiger partial charge on any atom is 0.0813 e. The molecular formula is C16H33NO2. The Hall–Kier alpha value is -0.120. The summed E-state index contributed by atoms with van der Waals surface area (Å²) in [6.07, 6.45) is 4.11. The largest absolute Gasteiger partial charge is 0.379 e. The first-order valence-corrected chi connectivity index (χ1v) is 7.81. The average Bonchev–Trinajstić information content (AvgIpc) is 2.71. The highest BCUT2D eigenvalue weighted by Gasteiger charge is 2.25. The molecule has 0 aromatic heterocycles. The predicted octanol–water partition coefficient (Wildman–Crippen LogP) is 3.23. The summed E-state index contributed by atoms with van der Waals surface area (Å²) in [5, 5.41) is 3.47. The quantitative estimate of drug-likeness (QED) is 0.688. The molecule has 19 heavy (non-hydrogen) atoms. The molecule has 1 rings (SSSR count). The monoisotopic (exact) mass is 271 g/mol. The van der Waals surface area contributed by atoms with Gasteiger partial charge in [0.15, 0.2) is 0 Å². The lowest BCUT2D eigenvalue weighted by Crippen LogP contribution is -2.30. The van der Waals surface area contributed by atoms with E-state index in [9.17, 15) is 0 Å². The van der Waals surface area contributed by atoms with Crippen LogP contribution in [-0.4, -0.2) is 38.5 Å². The zero-order valence-electron chi connectivity index (χ0n) is 13.5. The number of hydrogen-bond acceptors (Lipinski definition) is 3. The van der Waals surface area contributed by atoms with E-state index in [1.807, 2.05) is 0 Å². The van der Waals surface area contributed by atoms with E-state index in [-0.39, 0.29) is 0 Å².